The fraction of sp³-hybridized carbons (Fsp3) is 0.609. The van der Waals surface area contributed by atoms with Gasteiger partial charge in [0.2, 0.25) is 0 Å². The second-order valence-corrected chi connectivity index (χ2v) is 8.72. The maximum Gasteiger partial charge on any atom is 0.310 e. The number of ether oxygens (including phenoxy) is 3. The van der Waals surface area contributed by atoms with Crippen molar-refractivity contribution in [3.05, 3.63) is 34.4 Å². The number of aliphatic carboxylic acids is 1. The minimum atomic E-state index is -1.15. The van der Waals surface area contributed by atoms with E-state index in [0.29, 0.717) is 41.9 Å². The predicted molar refractivity (Wildman–Crippen MR) is 117 cm³/mol. The molecule has 0 saturated carbocycles. The zero-order valence-electron chi connectivity index (χ0n) is 18.6. The Morgan fingerprint density at radius 1 is 1.34 bits per heavy atom. The predicted octanol–water partition coefficient (Wildman–Crippen LogP) is 3.41. The number of carboxylic acid groups (broad SMARTS) is 1. The van der Waals surface area contributed by atoms with Crippen LogP contribution in [-0.2, 0) is 28.6 Å². The van der Waals surface area contributed by atoms with Gasteiger partial charge in [0.05, 0.1) is 18.9 Å². The molecule has 1 fully saturated rings. The number of allylic oxidation sites excluding steroid dienone is 3. The maximum absolute atomic E-state index is 12.7. The summed E-state index contributed by atoms with van der Waals surface area (Å²) in [6.07, 6.45) is 3.01. The van der Waals surface area contributed by atoms with Crippen LogP contribution in [0.25, 0.3) is 0 Å². The van der Waals surface area contributed by atoms with Gasteiger partial charge in [-0.1, -0.05) is 35.4 Å². The van der Waals surface area contributed by atoms with Crippen LogP contribution in [0.4, 0.5) is 0 Å². The molecule has 2 aliphatic heterocycles. The number of carbonyl (C=O) groups is 3. The number of aliphatic hydroxyl groups is 1. The van der Waals surface area contributed by atoms with E-state index in [4.69, 9.17) is 30.9 Å². The Hall–Kier alpha value is -2.16. The van der Waals surface area contributed by atoms with Crippen LogP contribution in [0.3, 0.4) is 0 Å². The molecule has 2 N–H and O–H groups in total. The lowest BCUT2D eigenvalue weighted by Gasteiger charge is -2.24. The number of rotatable bonds is 5. The Kier molecular flexibility index (Phi) is 9.93. The lowest BCUT2D eigenvalue weighted by atomic mass is 10.0. The normalized spacial score (nSPS) is 28.7. The second-order valence-electron chi connectivity index (χ2n) is 8.24. The lowest BCUT2D eigenvalue weighted by molar-refractivity contribution is -0.159. The SMILES string of the molecule is CC(=O)O[C@H]1CC(=O)OC2CC(CCC(Cl)=CCC=C1C)O[C@H]2[C@H](O)C=C(C)CC(=O)O. The van der Waals surface area contributed by atoms with Crippen molar-refractivity contribution in [1.82, 2.24) is 0 Å². The lowest BCUT2D eigenvalue weighted by Crippen LogP contribution is -2.37. The highest BCUT2D eigenvalue weighted by Crippen LogP contribution is 2.31. The molecule has 9 heteroatoms. The van der Waals surface area contributed by atoms with Crippen LogP contribution in [0.5, 0.6) is 0 Å². The van der Waals surface area contributed by atoms with Crippen molar-refractivity contribution in [2.45, 2.75) is 89.8 Å². The van der Waals surface area contributed by atoms with Gasteiger partial charge in [0.25, 0.3) is 0 Å². The van der Waals surface area contributed by atoms with Crippen LogP contribution < -0.4 is 0 Å². The molecule has 1 saturated heterocycles. The van der Waals surface area contributed by atoms with Crippen molar-refractivity contribution < 1.29 is 38.8 Å². The molecule has 0 aliphatic carbocycles. The van der Waals surface area contributed by atoms with Gasteiger partial charge in [-0.05, 0) is 38.7 Å². The van der Waals surface area contributed by atoms with Gasteiger partial charge in [0, 0.05) is 18.4 Å². The number of carboxylic acids is 1. The standard InChI is InChI=1S/C23H31ClO8/c1-13(10-21(27)28)9-18(26)23-20-11-17(31-23)8-7-16(24)6-4-5-14(2)19(30-15(3)25)12-22(29)32-20/h5-6,9,17-20,23,26H,4,7-8,10-12H2,1-3H3,(H,27,28)/t17?,18-,19+,20?,23+/m1/s1. The molecule has 0 radical (unpaired) electrons. The third kappa shape index (κ3) is 8.41. The molecule has 2 aliphatic rings. The van der Waals surface area contributed by atoms with Crippen LogP contribution in [0.1, 0.15) is 59.3 Å². The first kappa shape index (κ1) is 26.1. The van der Waals surface area contributed by atoms with E-state index in [1.54, 1.807) is 13.8 Å². The average Bonchev–Trinajstić information content (AvgIpc) is 3.06. The third-order valence-corrected chi connectivity index (χ3v) is 5.71. The van der Waals surface area contributed by atoms with E-state index in [0.717, 1.165) is 0 Å². The average molecular weight is 471 g/mol. The minimum absolute atomic E-state index is 0.169. The molecule has 32 heavy (non-hydrogen) atoms. The summed E-state index contributed by atoms with van der Waals surface area (Å²) in [6.45, 7) is 4.64. The first-order valence-corrected chi connectivity index (χ1v) is 11.0. The Labute approximate surface area is 192 Å². The molecule has 178 valence electrons. The van der Waals surface area contributed by atoms with Crippen LogP contribution >= 0.6 is 11.6 Å². The molecule has 8 nitrogen and oxygen atoms in total. The molecule has 2 bridgehead atoms. The van der Waals surface area contributed by atoms with Gasteiger partial charge >= 0.3 is 17.9 Å². The summed E-state index contributed by atoms with van der Waals surface area (Å²) in [7, 11) is 0. The van der Waals surface area contributed by atoms with E-state index in [1.165, 1.54) is 13.0 Å². The van der Waals surface area contributed by atoms with E-state index >= 15 is 0 Å². The van der Waals surface area contributed by atoms with Gasteiger partial charge in [-0.3, -0.25) is 14.4 Å². The molecular weight excluding hydrogens is 440 g/mol. The van der Waals surface area contributed by atoms with Crippen molar-refractivity contribution in [3.8, 4) is 0 Å². The summed E-state index contributed by atoms with van der Waals surface area (Å²) in [5.41, 5.74) is 1.17. The first-order chi connectivity index (χ1) is 15.0. The topological polar surface area (TPSA) is 119 Å². The molecular formula is C23H31ClO8. The van der Waals surface area contributed by atoms with Crippen LogP contribution in [0.15, 0.2) is 34.4 Å². The minimum Gasteiger partial charge on any atom is -0.481 e. The van der Waals surface area contributed by atoms with E-state index in [9.17, 15) is 19.5 Å². The fourth-order valence-corrected chi connectivity index (χ4v) is 4.01. The number of halogens is 1. The molecule has 0 aromatic heterocycles. The van der Waals surface area contributed by atoms with Gasteiger partial charge in [0.1, 0.15) is 24.4 Å². The van der Waals surface area contributed by atoms with E-state index in [1.807, 2.05) is 12.2 Å². The highest BCUT2D eigenvalue weighted by Gasteiger charge is 2.41. The number of aliphatic hydroxyl groups excluding tert-OH is 1. The zero-order chi connectivity index (χ0) is 23.8. The van der Waals surface area contributed by atoms with Gasteiger partial charge < -0.3 is 24.4 Å². The number of carbonyl (C=O) groups excluding carboxylic acids is 2. The Morgan fingerprint density at radius 2 is 2.06 bits per heavy atom. The van der Waals surface area contributed by atoms with E-state index in [2.05, 4.69) is 0 Å². The van der Waals surface area contributed by atoms with Crippen LogP contribution in [0.2, 0.25) is 0 Å². The van der Waals surface area contributed by atoms with Crippen molar-refractivity contribution in [2.75, 3.05) is 0 Å². The number of hydrogen-bond acceptors (Lipinski definition) is 7. The molecule has 0 aromatic rings. The van der Waals surface area contributed by atoms with Crippen molar-refractivity contribution in [2.24, 2.45) is 0 Å². The van der Waals surface area contributed by atoms with E-state index < -0.39 is 42.3 Å². The third-order valence-electron chi connectivity index (χ3n) is 5.37. The quantitative estimate of drug-likeness (QED) is 0.463. The number of fused-ring (bicyclic) bond motifs is 2. The first-order valence-electron chi connectivity index (χ1n) is 10.7. The zero-order valence-corrected chi connectivity index (χ0v) is 19.3. The fourth-order valence-electron chi connectivity index (χ4n) is 3.81. The molecule has 2 rings (SSSR count). The second kappa shape index (κ2) is 12.2. The Balaban J connectivity index is 2.25. The number of hydrogen-bond donors (Lipinski definition) is 2. The Bertz CT molecular complexity index is 800. The summed E-state index contributed by atoms with van der Waals surface area (Å²) in [4.78, 5) is 35.1. The summed E-state index contributed by atoms with van der Waals surface area (Å²) in [5, 5.41) is 20.3. The summed E-state index contributed by atoms with van der Waals surface area (Å²) < 4.78 is 16.9. The number of esters is 2. The molecule has 0 amide bonds. The smallest absolute Gasteiger partial charge is 0.310 e. The Morgan fingerprint density at radius 3 is 2.72 bits per heavy atom. The van der Waals surface area contributed by atoms with Gasteiger partial charge in [-0.15, -0.1) is 0 Å². The molecule has 0 spiro atoms. The molecule has 5 atom stereocenters. The molecule has 2 heterocycles. The van der Waals surface area contributed by atoms with Crippen molar-refractivity contribution in [1.29, 1.82) is 0 Å². The van der Waals surface area contributed by atoms with Crippen molar-refractivity contribution in [3.63, 3.8) is 0 Å². The van der Waals surface area contributed by atoms with Gasteiger partial charge in [-0.2, -0.15) is 0 Å². The van der Waals surface area contributed by atoms with Crippen molar-refractivity contribution >= 4 is 29.5 Å². The maximum atomic E-state index is 12.7. The molecule has 0 aromatic carbocycles. The highest BCUT2D eigenvalue weighted by atomic mass is 35.5. The summed E-state index contributed by atoms with van der Waals surface area (Å²) in [5.74, 6) is -2.10. The summed E-state index contributed by atoms with van der Waals surface area (Å²) >= 11 is 6.32. The van der Waals surface area contributed by atoms with Crippen LogP contribution in [-0.4, -0.2) is 58.6 Å². The summed E-state index contributed by atoms with van der Waals surface area (Å²) in [6, 6.07) is 0. The molecule has 2 unspecified atom stereocenters. The van der Waals surface area contributed by atoms with Crippen LogP contribution in [0, 0.1) is 0 Å². The largest absolute Gasteiger partial charge is 0.481 e. The highest BCUT2D eigenvalue weighted by molar-refractivity contribution is 6.29. The monoisotopic (exact) mass is 470 g/mol. The van der Waals surface area contributed by atoms with E-state index in [-0.39, 0.29) is 18.9 Å². The van der Waals surface area contributed by atoms with Gasteiger partial charge in [-0.25, -0.2) is 0 Å². The van der Waals surface area contributed by atoms with Gasteiger partial charge in [0.15, 0.2) is 0 Å².